The molecule has 66 valence electrons. The summed E-state index contributed by atoms with van der Waals surface area (Å²) in [6, 6.07) is 1.91. The summed E-state index contributed by atoms with van der Waals surface area (Å²) in [6.07, 6.45) is 0.730. The van der Waals surface area contributed by atoms with Gasteiger partial charge in [-0.3, -0.25) is 0 Å². The Morgan fingerprint density at radius 1 is 1.75 bits per heavy atom. The fraction of sp³-hybridized carbons (Fsp3) is 0.375. The summed E-state index contributed by atoms with van der Waals surface area (Å²) >= 11 is 1.39. The first-order chi connectivity index (χ1) is 5.79. The van der Waals surface area contributed by atoms with Gasteiger partial charge in [0.05, 0.1) is 7.11 Å². The molecule has 0 unspecified atom stereocenters. The van der Waals surface area contributed by atoms with Gasteiger partial charge in [0.2, 0.25) is 0 Å². The van der Waals surface area contributed by atoms with Crippen LogP contribution in [0.2, 0.25) is 0 Å². The van der Waals surface area contributed by atoms with Crippen LogP contribution in [0.1, 0.15) is 15.2 Å². The molecule has 0 saturated carbocycles. The Balaban J connectivity index is 2.83. The molecule has 0 saturated heterocycles. The lowest BCUT2D eigenvalue weighted by molar-refractivity contribution is 0.0605. The van der Waals surface area contributed by atoms with Crippen molar-refractivity contribution in [3.63, 3.8) is 0 Å². The number of thiophene rings is 1. The maximum atomic E-state index is 11.1. The van der Waals surface area contributed by atoms with Crippen LogP contribution in [-0.4, -0.2) is 19.6 Å². The summed E-state index contributed by atoms with van der Waals surface area (Å²) < 4.78 is 4.61. The van der Waals surface area contributed by atoms with Crippen molar-refractivity contribution < 1.29 is 9.53 Å². The van der Waals surface area contributed by atoms with Gasteiger partial charge in [-0.05, 0) is 30.0 Å². The first-order valence-electron chi connectivity index (χ1n) is 3.64. The highest BCUT2D eigenvalue weighted by molar-refractivity contribution is 7.12. The minimum Gasteiger partial charge on any atom is -0.465 e. The van der Waals surface area contributed by atoms with Crippen molar-refractivity contribution in [2.75, 3.05) is 13.7 Å². The van der Waals surface area contributed by atoms with E-state index in [-0.39, 0.29) is 5.97 Å². The molecule has 1 aromatic heterocycles. The van der Waals surface area contributed by atoms with E-state index in [9.17, 15) is 4.79 Å². The average Bonchev–Trinajstić information content (AvgIpc) is 2.52. The summed E-state index contributed by atoms with van der Waals surface area (Å²) in [7, 11) is 1.38. The molecule has 1 heterocycles. The molecule has 0 aliphatic rings. The number of ether oxygens (including phenoxy) is 1. The Morgan fingerprint density at radius 2 is 2.50 bits per heavy atom. The third-order valence-electron chi connectivity index (χ3n) is 1.53. The molecule has 0 atom stereocenters. The summed E-state index contributed by atoms with van der Waals surface area (Å²) in [4.78, 5) is 11.8. The zero-order valence-electron chi connectivity index (χ0n) is 6.87. The van der Waals surface area contributed by atoms with Crippen molar-refractivity contribution in [1.29, 1.82) is 0 Å². The molecule has 0 fully saturated rings. The summed E-state index contributed by atoms with van der Waals surface area (Å²) in [5.41, 5.74) is 6.36. The second-order valence-corrected chi connectivity index (χ2v) is 3.22. The SMILES string of the molecule is COC(=O)c1sccc1CCN. The molecular weight excluding hydrogens is 174 g/mol. The first kappa shape index (κ1) is 9.22. The number of hydrogen-bond donors (Lipinski definition) is 1. The monoisotopic (exact) mass is 185 g/mol. The summed E-state index contributed by atoms with van der Waals surface area (Å²) in [5, 5.41) is 1.87. The van der Waals surface area contributed by atoms with Gasteiger partial charge >= 0.3 is 5.97 Å². The summed E-state index contributed by atoms with van der Waals surface area (Å²) in [6.45, 7) is 0.556. The molecule has 12 heavy (non-hydrogen) atoms. The average molecular weight is 185 g/mol. The lowest BCUT2D eigenvalue weighted by atomic mass is 10.2. The van der Waals surface area contributed by atoms with Crippen molar-refractivity contribution in [2.24, 2.45) is 5.73 Å². The van der Waals surface area contributed by atoms with Crippen LogP contribution in [0.4, 0.5) is 0 Å². The third kappa shape index (κ3) is 1.84. The van der Waals surface area contributed by atoms with Crippen LogP contribution in [0.15, 0.2) is 11.4 Å². The highest BCUT2D eigenvalue weighted by Gasteiger charge is 2.11. The van der Waals surface area contributed by atoms with Crippen LogP contribution in [0.3, 0.4) is 0 Å². The van der Waals surface area contributed by atoms with E-state index in [4.69, 9.17) is 5.73 Å². The molecule has 0 aliphatic carbocycles. The summed E-state index contributed by atoms with van der Waals surface area (Å²) in [5.74, 6) is -0.270. The molecule has 0 aliphatic heterocycles. The van der Waals surface area contributed by atoms with Gasteiger partial charge in [-0.1, -0.05) is 0 Å². The minimum absolute atomic E-state index is 0.270. The Morgan fingerprint density at radius 3 is 3.08 bits per heavy atom. The van der Waals surface area contributed by atoms with Crippen LogP contribution in [0.5, 0.6) is 0 Å². The second kappa shape index (κ2) is 4.23. The van der Waals surface area contributed by atoms with Gasteiger partial charge in [-0.15, -0.1) is 11.3 Å². The van der Waals surface area contributed by atoms with E-state index in [1.165, 1.54) is 18.4 Å². The molecule has 0 spiro atoms. The lowest BCUT2D eigenvalue weighted by Gasteiger charge is -1.98. The van der Waals surface area contributed by atoms with E-state index in [2.05, 4.69) is 4.74 Å². The van der Waals surface area contributed by atoms with E-state index in [1.54, 1.807) is 0 Å². The predicted octanol–water partition coefficient (Wildman–Crippen LogP) is 1.04. The van der Waals surface area contributed by atoms with E-state index >= 15 is 0 Å². The van der Waals surface area contributed by atoms with Gasteiger partial charge < -0.3 is 10.5 Å². The van der Waals surface area contributed by atoms with Crippen molar-refractivity contribution >= 4 is 17.3 Å². The lowest BCUT2D eigenvalue weighted by Crippen LogP contribution is -2.07. The van der Waals surface area contributed by atoms with Gasteiger partial charge in [0.25, 0.3) is 0 Å². The van der Waals surface area contributed by atoms with Gasteiger partial charge in [0, 0.05) is 0 Å². The maximum absolute atomic E-state index is 11.1. The predicted molar refractivity (Wildman–Crippen MR) is 48.4 cm³/mol. The number of esters is 1. The van der Waals surface area contributed by atoms with Crippen molar-refractivity contribution in [2.45, 2.75) is 6.42 Å². The maximum Gasteiger partial charge on any atom is 0.348 e. The number of methoxy groups -OCH3 is 1. The highest BCUT2D eigenvalue weighted by atomic mass is 32.1. The largest absolute Gasteiger partial charge is 0.465 e. The Hall–Kier alpha value is -0.870. The molecule has 0 radical (unpaired) electrons. The Bertz CT molecular complexity index is 270. The number of nitrogens with two attached hydrogens (primary N) is 1. The number of hydrogen-bond acceptors (Lipinski definition) is 4. The van der Waals surface area contributed by atoms with Crippen LogP contribution in [0.25, 0.3) is 0 Å². The third-order valence-corrected chi connectivity index (χ3v) is 2.47. The minimum atomic E-state index is -0.270. The van der Waals surface area contributed by atoms with Crippen molar-refractivity contribution in [3.8, 4) is 0 Å². The van der Waals surface area contributed by atoms with Crippen molar-refractivity contribution in [3.05, 3.63) is 21.9 Å². The second-order valence-electron chi connectivity index (χ2n) is 2.31. The standard InChI is InChI=1S/C8H11NO2S/c1-11-8(10)7-6(2-4-9)3-5-12-7/h3,5H,2,4,9H2,1H3. The number of carbonyl (C=O) groups excluding carboxylic acids is 1. The zero-order chi connectivity index (χ0) is 8.97. The van der Waals surface area contributed by atoms with Crippen LogP contribution in [0, 0.1) is 0 Å². The molecular formula is C8H11NO2S. The molecule has 4 heteroatoms. The van der Waals surface area contributed by atoms with Gasteiger partial charge in [0.1, 0.15) is 4.88 Å². The molecule has 2 N–H and O–H groups in total. The van der Waals surface area contributed by atoms with Crippen LogP contribution in [-0.2, 0) is 11.2 Å². The molecule has 0 bridgehead atoms. The number of rotatable bonds is 3. The first-order valence-corrected chi connectivity index (χ1v) is 4.52. The van der Waals surface area contributed by atoms with Crippen LogP contribution < -0.4 is 5.73 Å². The topological polar surface area (TPSA) is 52.3 Å². The van der Waals surface area contributed by atoms with E-state index in [0.717, 1.165) is 12.0 Å². The molecule has 3 nitrogen and oxygen atoms in total. The molecule has 1 aromatic rings. The van der Waals surface area contributed by atoms with Gasteiger partial charge in [-0.2, -0.15) is 0 Å². The highest BCUT2D eigenvalue weighted by Crippen LogP contribution is 2.17. The molecule has 0 amide bonds. The fourth-order valence-electron chi connectivity index (χ4n) is 0.960. The van der Waals surface area contributed by atoms with E-state index < -0.39 is 0 Å². The Kier molecular flexibility index (Phi) is 3.25. The van der Waals surface area contributed by atoms with Gasteiger partial charge in [-0.25, -0.2) is 4.79 Å². The quantitative estimate of drug-likeness (QED) is 0.716. The smallest absolute Gasteiger partial charge is 0.348 e. The normalized spacial score (nSPS) is 9.83. The Labute approximate surface area is 75.1 Å². The van der Waals surface area contributed by atoms with E-state index in [0.29, 0.717) is 11.4 Å². The van der Waals surface area contributed by atoms with Crippen LogP contribution >= 0.6 is 11.3 Å². The zero-order valence-corrected chi connectivity index (χ0v) is 7.69. The fourth-order valence-corrected chi connectivity index (χ4v) is 1.83. The molecule has 1 rings (SSSR count). The molecule has 0 aromatic carbocycles. The van der Waals surface area contributed by atoms with Crippen molar-refractivity contribution in [1.82, 2.24) is 0 Å². The van der Waals surface area contributed by atoms with Gasteiger partial charge in [0.15, 0.2) is 0 Å². The number of carbonyl (C=O) groups is 1. The van der Waals surface area contributed by atoms with E-state index in [1.807, 2.05) is 11.4 Å².